The van der Waals surface area contributed by atoms with E-state index in [2.05, 4.69) is 11.8 Å². The zero-order chi connectivity index (χ0) is 8.27. The van der Waals surface area contributed by atoms with Crippen molar-refractivity contribution in [2.45, 2.75) is 0 Å². The summed E-state index contributed by atoms with van der Waals surface area (Å²) in [6, 6.07) is 5.72. The summed E-state index contributed by atoms with van der Waals surface area (Å²) in [7, 11) is 3.05. The zero-order valence-electron chi connectivity index (χ0n) is 5.67. The minimum Gasteiger partial charge on any atom is -0.487 e. The lowest BCUT2D eigenvalue weighted by Gasteiger charge is -1.99. The Hall–Kier alpha value is -1.56. The van der Waals surface area contributed by atoms with Gasteiger partial charge in [0.25, 0.3) is 0 Å². The van der Waals surface area contributed by atoms with Crippen LogP contribution in [0.2, 0.25) is 0 Å². The first kappa shape index (κ1) is 7.55. The molecule has 0 aliphatic heterocycles. The van der Waals surface area contributed by atoms with Crippen molar-refractivity contribution in [1.29, 1.82) is 5.26 Å². The molecule has 0 aromatic heterocycles. The number of rotatable bonds is 1. The second-order valence-electron chi connectivity index (χ2n) is 1.90. The highest BCUT2D eigenvalue weighted by Crippen LogP contribution is 2.16. The molecule has 2 nitrogen and oxygen atoms in total. The van der Waals surface area contributed by atoms with Gasteiger partial charge in [-0.15, -0.1) is 0 Å². The maximum atomic E-state index is 12.7. The number of halogens is 1. The molecule has 0 fully saturated rings. The SMILES string of the molecule is [CH2]Oc1ccc(C#N)cc1F. The Bertz CT molecular complexity index is 303. The normalized spacial score (nSPS) is 8.82. The van der Waals surface area contributed by atoms with Gasteiger partial charge in [-0.3, -0.25) is 0 Å². The number of ether oxygens (including phenoxy) is 1. The molecule has 0 saturated heterocycles. The summed E-state index contributed by atoms with van der Waals surface area (Å²) in [6.45, 7) is 0. The van der Waals surface area contributed by atoms with Crippen molar-refractivity contribution in [2.24, 2.45) is 0 Å². The number of benzene rings is 1. The van der Waals surface area contributed by atoms with Crippen LogP contribution in [-0.2, 0) is 0 Å². The molecule has 0 heterocycles. The summed E-state index contributed by atoms with van der Waals surface area (Å²) in [5.74, 6) is -0.525. The quantitative estimate of drug-likeness (QED) is 0.612. The fourth-order valence-electron chi connectivity index (χ4n) is 0.687. The highest BCUT2D eigenvalue weighted by Gasteiger charge is 2.01. The van der Waals surface area contributed by atoms with E-state index in [9.17, 15) is 4.39 Å². The van der Waals surface area contributed by atoms with E-state index >= 15 is 0 Å². The van der Waals surface area contributed by atoms with Crippen LogP contribution in [-0.4, -0.2) is 0 Å². The molecule has 0 N–H and O–H groups in total. The van der Waals surface area contributed by atoms with E-state index in [1.165, 1.54) is 12.1 Å². The molecule has 0 atom stereocenters. The summed E-state index contributed by atoms with van der Waals surface area (Å²) < 4.78 is 17.1. The van der Waals surface area contributed by atoms with E-state index in [1.54, 1.807) is 6.07 Å². The van der Waals surface area contributed by atoms with Crippen molar-refractivity contribution < 1.29 is 9.13 Å². The van der Waals surface area contributed by atoms with Gasteiger partial charge >= 0.3 is 0 Å². The molecular formula is C8H5FNO. The van der Waals surface area contributed by atoms with Crippen molar-refractivity contribution in [3.05, 3.63) is 36.7 Å². The van der Waals surface area contributed by atoms with Crippen LogP contribution in [0, 0.1) is 24.3 Å². The molecule has 3 heteroatoms. The van der Waals surface area contributed by atoms with Crippen LogP contribution in [0.15, 0.2) is 18.2 Å². The van der Waals surface area contributed by atoms with Crippen molar-refractivity contribution in [3.63, 3.8) is 0 Å². The first-order valence-electron chi connectivity index (χ1n) is 2.89. The Balaban J connectivity index is 3.12. The predicted molar refractivity (Wildman–Crippen MR) is 37.1 cm³/mol. The molecule has 1 aromatic rings. The molecule has 0 unspecified atom stereocenters. The van der Waals surface area contributed by atoms with E-state index in [0.29, 0.717) is 0 Å². The third-order valence-electron chi connectivity index (χ3n) is 1.22. The number of hydrogen-bond acceptors (Lipinski definition) is 2. The molecular weight excluding hydrogens is 145 g/mol. The molecule has 1 aromatic carbocycles. The molecule has 0 saturated carbocycles. The molecule has 0 amide bonds. The van der Waals surface area contributed by atoms with Crippen LogP contribution in [0.5, 0.6) is 5.75 Å². The smallest absolute Gasteiger partial charge is 0.166 e. The monoisotopic (exact) mass is 150 g/mol. The van der Waals surface area contributed by atoms with Gasteiger partial charge < -0.3 is 4.74 Å². The first-order valence-corrected chi connectivity index (χ1v) is 2.89. The van der Waals surface area contributed by atoms with Crippen LogP contribution in [0.1, 0.15) is 5.56 Å². The van der Waals surface area contributed by atoms with Gasteiger partial charge in [-0.1, -0.05) is 0 Å². The van der Waals surface area contributed by atoms with E-state index in [-0.39, 0.29) is 11.3 Å². The van der Waals surface area contributed by atoms with Crippen LogP contribution < -0.4 is 4.74 Å². The molecule has 0 aliphatic rings. The minimum atomic E-state index is -0.570. The first-order chi connectivity index (χ1) is 5.27. The predicted octanol–water partition coefficient (Wildman–Crippen LogP) is 1.87. The van der Waals surface area contributed by atoms with Gasteiger partial charge in [-0.25, -0.2) is 4.39 Å². The summed E-state index contributed by atoms with van der Waals surface area (Å²) >= 11 is 0. The average Bonchev–Trinajstić information content (AvgIpc) is 2.04. The van der Waals surface area contributed by atoms with Crippen LogP contribution in [0.4, 0.5) is 4.39 Å². The van der Waals surface area contributed by atoms with Crippen LogP contribution in [0.3, 0.4) is 0 Å². The molecule has 0 aliphatic carbocycles. The van der Waals surface area contributed by atoms with E-state index in [1.807, 2.05) is 0 Å². The number of nitriles is 1. The summed E-state index contributed by atoms with van der Waals surface area (Å²) in [6.07, 6.45) is 0. The summed E-state index contributed by atoms with van der Waals surface area (Å²) in [5, 5.41) is 8.35. The third-order valence-corrected chi connectivity index (χ3v) is 1.22. The standard InChI is InChI=1S/C8H5FNO/c1-11-8-3-2-6(5-10)4-7(8)9/h2-4H,1H2. The highest BCUT2D eigenvalue weighted by atomic mass is 19.1. The molecule has 55 valence electrons. The van der Waals surface area contributed by atoms with Crippen LogP contribution >= 0.6 is 0 Å². The summed E-state index contributed by atoms with van der Waals surface area (Å²) in [4.78, 5) is 0. The fraction of sp³-hybridized carbons (Fsp3) is 0. The Morgan fingerprint density at radius 3 is 2.73 bits per heavy atom. The van der Waals surface area contributed by atoms with Crippen molar-refractivity contribution >= 4 is 0 Å². The van der Waals surface area contributed by atoms with Crippen molar-refractivity contribution in [1.82, 2.24) is 0 Å². The fourth-order valence-corrected chi connectivity index (χ4v) is 0.687. The molecule has 0 spiro atoms. The maximum absolute atomic E-state index is 12.7. The van der Waals surface area contributed by atoms with Gasteiger partial charge in [0.15, 0.2) is 11.6 Å². The lowest BCUT2D eigenvalue weighted by Crippen LogP contribution is -1.85. The third kappa shape index (κ3) is 1.47. The van der Waals surface area contributed by atoms with Crippen molar-refractivity contribution in [2.75, 3.05) is 0 Å². The van der Waals surface area contributed by atoms with Gasteiger partial charge in [0.2, 0.25) is 0 Å². The van der Waals surface area contributed by atoms with Crippen molar-refractivity contribution in [3.8, 4) is 11.8 Å². The van der Waals surface area contributed by atoms with Crippen LogP contribution in [0.25, 0.3) is 0 Å². The molecule has 1 rings (SSSR count). The van der Waals surface area contributed by atoms with Gasteiger partial charge in [-0.05, 0) is 18.2 Å². The van der Waals surface area contributed by atoms with Gasteiger partial charge in [0, 0.05) is 0 Å². The second-order valence-corrected chi connectivity index (χ2v) is 1.90. The Kier molecular flexibility index (Phi) is 2.07. The Labute approximate surface area is 63.8 Å². The Morgan fingerprint density at radius 2 is 2.27 bits per heavy atom. The number of nitrogens with zero attached hydrogens (tertiary/aromatic N) is 1. The number of hydrogen-bond donors (Lipinski definition) is 0. The van der Waals surface area contributed by atoms with Gasteiger partial charge in [-0.2, -0.15) is 5.26 Å². The van der Waals surface area contributed by atoms with Gasteiger partial charge in [0.05, 0.1) is 11.6 Å². The second kappa shape index (κ2) is 3.02. The molecule has 11 heavy (non-hydrogen) atoms. The molecule has 1 radical (unpaired) electrons. The highest BCUT2D eigenvalue weighted by molar-refractivity contribution is 5.35. The average molecular weight is 150 g/mol. The van der Waals surface area contributed by atoms with E-state index in [0.717, 1.165) is 6.07 Å². The largest absolute Gasteiger partial charge is 0.487 e. The van der Waals surface area contributed by atoms with Gasteiger partial charge in [0.1, 0.15) is 7.11 Å². The summed E-state index contributed by atoms with van der Waals surface area (Å²) in [5.41, 5.74) is 0.267. The lowest BCUT2D eigenvalue weighted by atomic mass is 10.2. The lowest BCUT2D eigenvalue weighted by molar-refractivity contribution is 0.434. The topological polar surface area (TPSA) is 33.0 Å². The maximum Gasteiger partial charge on any atom is 0.166 e. The minimum absolute atomic E-state index is 0.0454. The van der Waals surface area contributed by atoms with E-state index in [4.69, 9.17) is 5.26 Å². The Morgan fingerprint density at radius 1 is 1.55 bits per heavy atom. The van der Waals surface area contributed by atoms with E-state index < -0.39 is 5.82 Å². The molecule has 0 bridgehead atoms. The zero-order valence-corrected chi connectivity index (χ0v) is 5.67.